The second kappa shape index (κ2) is 10.4. The van der Waals surface area contributed by atoms with Gasteiger partial charge < -0.3 is 14.2 Å². The molecular formula is C25H23N3O6S2. The smallest absolute Gasteiger partial charge is 0.271 e. The van der Waals surface area contributed by atoms with Crippen molar-refractivity contribution < 1.29 is 27.4 Å². The molecule has 11 heteroatoms. The highest BCUT2D eigenvalue weighted by Crippen LogP contribution is 2.41. The fourth-order valence-electron chi connectivity index (χ4n) is 3.51. The number of thioether (sulfide) groups is 1. The Morgan fingerprint density at radius 2 is 1.53 bits per heavy atom. The van der Waals surface area contributed by atoms with E-state index in [1.807, 2.05) is 18.2 Å². The number of aliphatic imine (C=N–C) groups is 1. The number of anilines is 1. The van der Waals surface area contributed by atoms with Crippen LogP contribution in [0.5, 0.6) is 17.2 Å². The van der Waals surface area contributed by atoms with Crippen LogP contribution < -0.4 is 24.2 Å². The summed E-state index contributed by atoms with van der Waals surface area (Å²) < 4.78 is 39.4. The van der Waals surface area contributed by atoms with E-state index in [1.54, 1.807) is 30.3 Å². The van der Waals surface area contributed by atoms with Gasteiger partial charge in [-0.15, -0.1) is 0 Å². The van der Waals surface area contributed by atoms with Crippen molar-refractivity contribution in [1.82, 2.24) is 0 Å². The van der Waals surface area contributed by atoms with E-state index in [4.69, 9.17) is 19.3 Å². The van der Waals surface area contributed by atoms with Crippen molar-refractivity contribution in [3.8, 4) is 17.2 Å². The van der Waals surface area contributed by atoms with Crippen molar-refractivity contribution in [3.63, 3.8) is 0 Å². The molecule has 4 rings (SSSR count). The lowest BCUT2D eigenvalue weighted by molar-refractivity contribution is -0.113. The molecule has 2 N–H and O–H groups in total. The summed E-state index contributed by atoms with van der Waals surface area (Å²) in [7, 11) is 0.734. The van der Waals surface area contributed by atoms with E-state index in [9.17, 15) is 13.2 Å². The number of benzene rings is 3. The first-order chi connectivity index (χ1) is 17.2. The number of nitrogens with two attached hydrogens (primary N) is 1. The van der Waals surface area contributed by atoms with Gasteiger partial charge in [-0.3, -0.25) is 9.69 Å². The number of rotatable bonds is 7. The largest absolute Gasteiger partial charge is 0.493 e. The zero-order valence-corrected chi connectivity index (χ0v) is 21.3. The molecule has 1 fully saturated rings. The predicted molar refractivity (Wildman–Crippen MR) is 141 cm³/mol. The van der Waals surface area contributed by atoms with Gasteiger partial charge in [0.2, 0.25) is 15.8 Å². The Kier molecular flexibility index (Phi) is 7.34. The standard InChI is InChI=1S/C25H23N3O6S2/c1-32-20-13-16(14-21(33-2)23(20)34-3)15-22-24(29)28(18-7-5-4-6-8-18)25(35-22)27-17-9-11-19(12-10-17)36(26,30)31/h4-15H,1-3H3,(H2,26,30,31). The molecule has 3 aromatic carbocycles. The second-order valence-electron chi connectivity index (χ2n) is 7.48. The summed E-state index contributed by atoms with van der Waals surface area (Å²) in [5, 5.41) is 5.59. The van der Waals surface area contributed by atoms with Crippen LogP contribution in [0, 0.1) is 0 Å². The second-order valence-corrected chi connectivity index (χ2v) is 10.0. The van der Waals surface area contributed by atoms with E-state index in [2.05, 4.69) is 4.99 Å². The molecule has 0 bridgehead atoms. The molecule has 186 valence electrons. The minimum absolute atomic E-state index is 0.0236. The summed E-state index contributed by atoms with van der Waals surface area (Å²) >= 11 is 1.19. The van der Waals surface area contributed by atoms with Crippen molar-refractivity contribution in [2.24, 2.45) is 10.1 Å². The lowest BCUT2D eigenvalue weighted by atomic mass is 10.1. The molecule has 1 aliphatic heterocycles. The number of carbonyl (C=O) groups is 1. The first-order valence-electron chi connectivity index (χ1n) is 10.6. The average molecular weight is 526 g/mol. The zero-order valence-electron chi connectivity index (χ0n) is 19.7. The van der Waals surface area contributed by atoms with Crippen LogP contribution in [-0.4, -0.2) is 40.8 Å². The Bertz CT molecular complexity index is 1430. The van der Waals surface area contributed by atoms with E-state index >= 15 is 0 Å². The SMILES string of the molecule is COc1cc(C=C2SC(=Nc3ccc(S(N)(=O)=O)cc3)N(c3ccccc3)C2=O)cc(OC)c1OC. The molecule has 1 amide bonds. The van der Waals surface area contributed by atoms with Crippen molar-refractivity contribution >= 4 is 50.3 Å². The third-order valence-corrected chi connectivity index (χ3v) is 7.09. The number of amidine groups is 1. The highest BCUT2D eigenvalue weighted by molar-refractivity contribution is 8.19. The number of sulfonamides is 1. The highest BCUT2D eigenvalue weighted by atomic mass is 32.2. The maximum atomic E-state index is 13.5. The number of hydrogen-bond acceptors (Lipinski definition) is 8. The van der Waals surface area contributed by atoms with Gasteiger partial charge in [0, 0.05) is 0 Å². The Labute approximate surface area is 213 Å². The van der Waals surface area contributed by atoms with Gasteiger partial charge in [0.25, 0.3) is 5.91 Å². The first-order valence-corrected chi connectivity index (χ1v) is 12.9. The summed E-state index contributed by atoms with van der Waals surface area (Å²) in [6, 6.07) is 18.4. The molecule has 1 aliphatic rings. The fourth-order valence-corrected chi connectivity index (χ4v) is 5.03. The molecule has 3 aromatic rings. The molecule has 0 radical (unpaired) electrons. The number of carbonyl (C=O) groups excluding carboxylic acids is 1. The molecule has 36 heavy (non-hydrogen) atoms. The molecule has 0 aliphatic carbocycles. The number of ether oxygens (including phenoxy) is 3. The van der Waals surface area contributed by atoms with Gasteiger partial charge in [-0.2, -0.15) is 0 Å². The average Bonchev–Trinajstić information content (AvgIpc) is 3.17. The molecular weight excluding hydrogens is 502 g/mol. The van der Waals surface area contributed by atoms with Crippen LogP contribution in [0.2, 0.25) is 0 Å². The maximum absolute atomic E-state index is 13.5. The van der Waals surface area contributed by atoms with Crippen LogP contribution in [0.1, 0.15) is 5.56 Å². The van der Waals surface area contributed by atoms with E-state index < -0.39 is 10.0 Å². The fraction of sp³-hybridized carbons (Fsp3) is 0.120. The van der Waals surface area contributed by atoms with Crippen molar-refractivity contribution in [2.45, 2.75) is 4.90 Å². The van der Waals surface area contributed by atoms with Crippen LogP contribution in [-0.2, 0) is 14.8 Å². The van der Waals surface area contributed by atoms with Crippen LogP contribution in [0.3, 0.4) is 0 Å². The Balaban J connectivity index is 1.78. The number of para-hydroxylation sites is 1. The van der Waals surface area contributed by atoms with Crippen molar-refractivity contribution in [1.29, 1.82) is 0 Å². The van der Waals surface area contributed by atoms with Gasteiger partial charge in [-0.1, -0.05) is 18.2 Å². The summed E-state index contributed by atoms with van der Waals surface area (Å²) in [6.07, 6.45) is 1.72. The van der Waals surface area contributed by atoms with Gasteiger partial charge in [-0.05, 0) is 71.9 Å². The quantitative estimate of drug-likeness (QED) is 0.460. The summed E-state index contributed by atoms with van der Waals surface area (Å²) in [5.41, 5.74) is 1.78. The molecule has 1 saturated heterocycles. The van der Waals surface area contributed by atoms with E-state index in [-0.39, 0.29) is 10.8 Å². The molecule has 0 spiro atoms. The molecule has 0 atom stereocenters. The Morgan fingerprint density at radius 1 is 0.917 bits per heavy atom. The van der Waals surface area contributed by atoms with E-state index in [0.29, 0.717) is 44.3 Å². The van der Waals surface area contributed by atoms with Crippen LogP contribution >= 0.6 is 11.8 Å². The molecule has 0 saturated carbocycles. The van der Waals surface area contributed by atoms with E-state index in [1.165, 1.54) is 62.3 Å². The lowest BCUT2D eigenvalue weighted by Gasteiger charge is -2.15. The molecule has 9 nitrogen and oxygen atoms in total. The molecule has 0 unspecified atom stereocenters. The number of methoxy groups -OCH3 is 3. The van der Waals surface area contributed by atoms with Gasteiger partial charge in [0.15, 0.2) is 16.7 Å². The maximum Gasteiger partial charge on any atom is 0.271 e. The van der Waals surface area contributed by atoms with Gasteiger partial charge in [0.05, 0.1) is 42.5 Å². The minimum Gasteiger partial charge on any atom is -0.493 e. The van der Waals surface area contributed by atoms with Gasteiger partial charge in [0.1, 0.15) is 0 Å². The van der Waals surface area contributed by atoms with Gasteiger partial charge in [-0.25, -0.2) is 18.5 Å². The normalized spacial score (nSPS) is 16.0. The monoisotopic (exact) mass is 525 g/mol. The van der Waals surface area contributed by atoms with Crippen molar-refractivity contribution in [2.75, 3.05) is 26.2 Å². The number of primary sulfonamides is 1. The predicted octanol–water partition coefficient (Wildman–Crippen LogP) is 4.17. The van der Waals surface area contributed by atoms with Crippen LogP contribution in [0.4, 0.5) is 11.4 Å². The summed E-state index contributed by atoms with van der Waals surface area (Å²) in [5.74, 6) is 1.11. The number of nitrogens with zero attached hydrogens (tertiary/aromatic N) is 2. The Hall–Kier alpha value is -3.80. The van der Waals surface area contributed by atoms with Crippen LogP contribution in [0.15, 0.2) is 81.5 Å². The summed E-state index contributed by atoms with van der Waals surface area (Å²) in [4.78, 5) is 20.0. The summed E-state index contributed by atoms with van der Waals surface area (Å²) in [6.45, 7) is 0. The number of hydrogen-bond donors (Lipinski definition) is 1. The third kappa shape index (κ3) is 5.23. The van der Waals surface area contributed by atoms with Crippen LogP contribution in [0.25, 0.3) is 6.08 Å². The third-order valence-electron chi connectivity index (χ3n) is 5.20. The topological polar surface area (TPSA) is 121 Å². The first kappa shape index (κ1) is 25.3. The van der Waals surface area contributed by atoms with E-state index in [0.717, 1.165) is 0 Å². The Morgan fingerprint density at radius 3 is 2.06 bits per heavy atom. The zero-order chi connectivity index (χ0) is 25.9. The lowest BCUT2D eigenvalue weighted by Crippen LogP contribution is -2.28. The highest BCUT2D eigenvalue weighted by Gasteiger charge is 2.35. The minimum atomic E-state index is -3.83. The molecule has 1 heterocycles. The van der Waals surface area contributed by atoms with Crippen molar-refractivity contribution in [3.05, 3.63) is 77.2 Å². The molecule has 0 aromatic heterocycles. The van der Waals surface area contributed by atoms with Gasteiger partial charge >= 0.3 is 0 Å². The number of amides is 1.